The topological polar surface area (TPSA) is 52.0 Å². The van der Waals surface area contributed by atoms with Gasteiger partial charge in [-0.05, 0) is 108 Å². The van der Waals surface area contributed by atoms with Crippen molar-refractivity contribution >= 4 is 11.4 Å². The Morgan fingerprint density at radius 2 is 0.886 bits per heavy atom. The molecule has 0 saturated carbocycles. The molecule has 180 valence electrons. The molecule has 4 rings (SSSR count). The van der Waals surface area contributed by atoms with Crippen molar-refractivity contribution in [2.75, 3.05) is 11.5 Å². The lowest BCUT2D eigenvalue weighted by molar-refractivity contribution is 0.640. The van der Waals surface area contributed by atoms with E-state index >= 15 is 0 Å². The fourth-order valence-electron chi connectivity index (χ4n) is 4.90. The lowest BCUT2D eigenvalue weighted by atomic mass is 9.77. The minimum atomic E-state index is -0.0435. The van der Waals surface area contributed by atoms with Crippen LogP contribution in [0.4, 0.5) is 11.4 Å². The van der Waals surface area contributed by atoms with Gasteiger partial charge in [0, 0.05) is 16.8 Å². The van der Waals surface area contributed by atoms with Crippen molar-refractivity contribution in [1.29, 1.82) is 0 Å². The molecule has 0 heterocycles. The van der Waals surface area contributed by atoms with Crippen molar-refractivity contribution < 1.29 is 0 Å². The summed E-state index contributed by atoms with van der Waals surface area (Å²) in [6, 6.07) is 30.7. The van der Waals surface area contributed by atoms with Gasteiger partial charge in [-0.25, -0.2) is 0 Å². The predicted molar refractivity (Wildman–Crippen MR) is 151 cm³/mol. The molecule has 2 heteroatoms. The molecule has 0 radical (unpaired) electrons. The third-order valence-electron chi connectivity index (χ3n) is 7.45. The Hall–Kier alpha value is -3.52. The number of nitrogen functional groups attached to an aromatic ring is 2. The third-order valence-corrected chi connectivity index (χ3v) is 7.45. The molecule has 0 amide bonds. The Morgan fingerprint density at radius 1 is 0.514 bits per heavy atom. The van der Waals surface area contributed by atoms with E-state index < -0.39 is 0 Å². The molecule has 0 spiro atoms. The van der Waals surface area contributed by atoms with Crippen molar-refractivity contribution in [2.24, 2.45) is 0 Å². The Morgan fingerprint density at radius 3 is 1.23 bits per heavy atom. The summed E-state index contributed by atoms with van der Waals surface area (Å²) in [5.74, 6) is 0. The minimum Gasteiger partial charge on any atom is -0.399 e. The quantitative estimate of drug-likeness (QED) is 0.269. The summed E-state index contributed by atoms with van der Waals surface area (Å²) in [5, 5.41) is 0. The zero-order valence-electron chi connectivity index (χ0n) is 21.6. The van der Waals surface area contributed by atoms with E-state index in [1.165, 1.54) is 44.5 Å². The first-order valence-corrected chi connectivity index (χ1v) is 12.6. The van der Waals surface area contributed by atoms with Gasteiger partial charge in [0.1, 0.15) is 0 Å². The average Bonchev–Trinajstić information content (AvgIpc) is 2.83. The van der Waals surface area contributed by atoms with Crippen LogP contribution in [0, 0.1) is 13.8 Å². The monoisotopic (exact) mass is 462 g/mol. The standard InChI is InChI=1S/C33H38N2/c1-23-21-31(34)19-13-27(23)11-5-25-7-15-29(16-8-25)33(3,4)30-17-9-26(10-18-30)6-12-28-14-20-32(35)22-24(28)2/h7-10,13-22H,5-6,11-12,34-35H2,1-4H3. The summed E-state index contributed by atoms with van der Waals surface area (Å²) in [5.41, 5.74) is 24.1. The highest BCUT2D eigenvalue weighted by Crippen LogP contribution is 2.32. The third kappa shape index (κ3) is 5.95. The molecule has 0 aromatic heterocycles. The minimum absolute atomic E-state index is 0.0435. The summed E-state index contributed by atoms with van der Waals surface area (Å²) in [4.78, 5) is 0. The normalized spacial score (nSPS) is 11.5. The van der Waals surface area contributed by atoms with E-state index in [4.69, 9.17) is 11.5 Å². The Labute approximate surface area is 211 Å². The Balaban J connectivity index is 1.39. The van der Waals surface area contributed by atoms with Crippen molar-refractivity contribution in [3.8, 4) is 0 Å². The predicted octanol–water partition coefficient (Wildman–Crippen LogP) is 7.36. The molecular weight excluding hydrogens is 424 g/mol. The molecular formula is C33H38N2. The summed E-state index contributed by atoms with van der Waals surface area (Å²) in [6.07, 6.45) is 4.14. The maximum atomic E-state index is 5.89. The lowest BCUT2D eigenvalue weighted by Gasteiger charge is -2.26. The first-order valence-electron chi connectivity index (χ1n) is 12.6. The molecule has 0 aliphatic heterocycles. The van der Waals surface area contributed by atoms with Gasteiger partial charge in [-0.2, -0.15) is 0 Å². The molecule has 0 aliphatic rings. The maximum Gasteiger partial charge on any atom is 0.0316 e. The first kappa shape index (κ1) is 24.6. The number of hydrogen-bond acceptors (Lipinski definition) is 2. The number of anilines is 2. The Bertz CT molecular complexity index is 1180. The van der Waals surface area contributed by atoms with Crippen LogP contribution in [0.15, 0.2) is 84.9 Å². The van der Waals surface area contributed by atoms with Crippen LogP contribution in [0.25, 0.3) is 0 Å². The van der Waals surface area contributed by atoms with Crippen LogP contribution in [-0.2, 0) is 31.1 Å². The van der Waals surface area contributed by atoms with Crippen LogP contribution >= 0.6 is 0 Å². The summed E-state index contributed by atoms with van der Waals surface area (Å²) < 4.78 is 0. The van der Waals surface area contributed by atoms with Gasteiger partial charge >= 0.3 is 0 Å². The lowest BCUT2D eigenvalue weighted by Crippen LogP contribution is -2.19. The van der Waals surface area contributed by atoms with Crippen LogP contribution in [0.1, 0.15) is 58.4 Å². The van der Waals surface area contributed by atoms with Gasteiger partial charge in [0.25, 0.3) is 0 Å². The van der Waals surface area contributed by atoms with E-state index in [1.54, 1.807) is 0 Å². The van der Waals surface area contributed by atoms with Crippen LogP contribution in [0.3, 0.4) is 0 Å². The van der Waals surface area contributed by atoms with Gasteiger partial charge < -0.3 is 11.5 Å². The van der Waals surface area contributed by atoms with Crippen molar-refractivity contribution in [3.05, 3.63) is 129 Å². The van der Waals surface area contributed by atoms with Gasteiger partial charge in [0.2, 0.25) is 0 Å². The van der Waals surface area contributed by atoms with Crippen LogP contribution < -0.4 is 11.5 Å². The second-order valence-corrected chi connectivity index (χ2v) is 10.4. The van der Waals surface area contributed by atoms with Crippen molar-refractivity contribution in [2.45, 2.75) is 58.8 Å². The highest BCUT2D eigenvalue weighted by atomic mass is 14.5. The second kappa shape index (κ2) is 10.4. The van der Waals surface area contributed by atoms with Crippen molar-refractivity contribution in [3.63, 3.8) is 0 Å². The van der Waals surface area contributed by atoms with Gasteiger partial charge in [-0.3, -0.25) is 0 Å². The zero-order valence-corrected chi connectivity index (χ0v) is 21.6. The van der Waals surface area contributed by atoms with E-state index in [9.17, 15) is 0 Å². The number of nitrogens with two attached hydrogens (primary N) is 2. The summed E-state index contributed by atoms with van der Waals surface area (Å²) in [6.45, 7) is 8.90. The van der Waals surface area contributed by atoms with Crippen LogP contribution in [0.2, 0.25) is 0 Å². The van der Waals surface area contributed by atoms with Crippen molar-refractivity contribution in [1.82, 2.24) is 0 Å². The molecule has 0 aliphatic carbocycles. The van der Waals surface area contributed by atoms with Gasteiger partial charge in [0.15, 0.2) is 0 Å². The fourth-order valence-corrected chi connectivity index (χ4v) is 4.90. The van der Waals surface area contributed by atoms with E-state index in [1.807, 2.05) is 12.1 Å². The van der Waals surface area contributed by atoms with Gasteiger partial charge in [-0.15, -0.1) is 0 Å². The largest absolute Gasteiger partial charge is 0.399 e. The summed E-state index contributed by atoms with van der Waals surface area (Å²) >= 11 is 0. The zero-order chi connectivity index (χ0) is 25.0. The number of hydrogen-bond donors (Lipinski definition) is 2. The maximum absolute atomic E-state index is 5.89. The van der Waals surface area contributed by atoms with E-state index in [-0.39, 0.29) is 5.41 Å². The molecule has 4 aromatic rings. The fraction of sp³-hybridized carbons (Fsp3) is 0.273. The molecule has 0 atom stereocenters. The molecule has 4 N–H and O–H groups in total. The molecule has 0 unspecified atom stereocenters. The molecule has 0 saturated heterocycles. The average molecular weight is 463 g/mol. The molecule has 2 nitrogen and oxygen atoms in total. The van der Waals surface area contributed by atoms with Crippen LogP contribution in [0.5, 0.6) is 0 Å². The summed E-state index contributed by atoms with van der Waals surface area (Å²) in [7, 11) is 0. The highest BCUT2D eigenvalue weighted by Gasteiger charge is 2.23. The highest BCUT2D eigenvalue weighted by molar-refractivity contribution is 5.46. The van der Waals surface area contributed by atoms with E-state index in [2.05, 4.69) is 100 Å². The van der Waals surface area contributed by atoms with Crippen LogP contribution in [-0.4, -0.2) is 0 Å². The van der Waals surface area contributed by atoms with Gasteiger partial charge in [0.05, 0.1) is 0 Å². The smallest absolute Gasteiger partial charge is 0.0316 e. The molecule has 4 aromatic carbocycles. The second-order valence-electron chi connectivity index (χ2n) is 10.4. The molecule has 0 bridgehead atoms. The Kier molecular flexibility index (Phi) is 7.31. The SMILES string of the molecule is Cc1cc(N)ccc1CCc1ccc(C(C)(C)c2ccc(CCc3ccc(N)cc3C)cc2)cc1. The number of rotatable bonds is 8. The van der Waals surface area contributed by atoms with Gasteiger partial charge in [-0.1, -0.05) is 74.5 Å². The number of aryl methyl sites for hydroxylation is 6. The van der Waals surface area contributed by atoms with E-state index in [0.717, 1.165) is 37.1 Å². The number of benzene rings is 4. The molecule has 35 heavy (non-hydrogen) atoms. The molecule has 0 fully saturated rings. The first-order chi connectivity index (χ1) is 16.7. The van der Waals surface area contributed by atoms with E-state index in [0.29, 0.717) is 0 Å².